The molecular weight excluding hydrogens is 394 g/mol. The summed E-state index contributed by atoms with van der Waals surface area (Å²) in [5, 5.41) is 0. The van der Waals surface area contributed by atoms with Gasteiger partial charge in [0.1, 0.15) is 5.76 Å². The minimum atomic E-state index is -0.0113. The quantitative estimate of drug-likeness (QED) is 0.644. The molecule has 2 aromatic rings. The Hall–Kier alpha value is -2.19. The minimum Gasteiger partial charge on any atom is -0.468 e. The topological polar surface area (TPSA) is 58.4 Å². The van der Waals surface area contributed by atoms with Crippen LogP contribution in [-0.4, -0.2) is 92.3 Å². The Morgan fingerprint density at radius 3 is 2.58 bits per heavy atom. The SMILES string of the molecule is Cc1ccc(C(=O)N(CCN2CCOCC2)C[C@H]2CN(Cc3ccco3)CCO2)cc1. The highest BCUT2D eigenvalue weighted by molar-refractivity contribution is 5.94. The van der Waals surface area contributed by atoms with E-state index in [1.54, 1.807) is 6.26 Å². The smallest absolute Gasteiger partial charge is 0.253 e. The predicted molar refractivity (Wildman–Crippen MR) is 118 cm³/mol. The van der Waals surface area contributed by atoms with Crippen molar-refractivity contribution in [3.05, 3.63) is 59.5 Å². The van der Waals surface area contributed by atoms with E-state index in [4.69, 9.17) is 13.9 Å². The second kappa shape index (κ2) is 10.9. The van der Waals surface area contributed by atoms with Crippen LogP contribution in [0, 0.1) is 6.92 Å². The molecule has 1 atom stereocenters. The number of hydrogen-bond acceptors (Lipinski definition) is 6. The molecule has 7 heteroatoms. The summed E-state index contributed by atoms with van der Waals surface area (Å²) in [5.74, 6) is 1.03. The van der Waals surface area contributed by atoms with Gasteiger partial charge < -0.3 is 18.8 Å². The van der Waals surface area contributed by atoms with Gasteiger partial charge in [-0.15, -0.1) is 0 Å². The molecule has 2 aliphatic heterocycles. The largest absolute Gasteiger partial charge is 0.468 e. The van der Waals surface area contributed by atoms with E-state index < -0.39 is 0 Å². The van der Waals surface area contributed by atoms with Gasteiger partial charge in [0.15, 0.2) is 0 Å². The Labute approximate surface area is 184 Å². The number of carbonyl (C=O) groups is 1. The number of nitrogens with zero attached hydrogens (tertiary/aromatic N) is 3. The van der Waals surface area contributed by atoms with E-state index in [2.05, 4.69) is 9.80 Å². The highest BCUT2D eigenvalue weighted by Crippen LogP contribution is 2.14. The van der Waals surface area contributed by atoms with Crippen LogP contribution >= 0.6 is 0 Å². The van der Waals surface area contributed by atoms with Gasteiger partial charge >= 0.3 is 0 Å². The van der Waals surface area contributed by atoms with Crippen LogP contribution in [0.5, 0.6) is 0 Å². The van der Waals surface area contributed by atoms with E-state index in [1.165, 1.54) is 0 Å². The van der Waals surface area contributed by atoms with Crippen LogP contribution in [0.15, 0.2) is 47.1 Å². The van der Waals surface area contributed by atoms with Gasteiger partial charge in [-0.25, -0.2) is 0 Å². The fourth-order valence-corrected chi connectivity index (χ4v) is 4.14. The van der Waals surface area contributed by atoms with Crippen molar-refractivity contribution in [2.75, 3.05) is 65.6 Å². The molecule has 0 saturated carbocycles. The molecule has 0 N–H and O–H groups in total. The van der Waals surface area contributed by atoms with Crippen molar-refractivity contribution in [3.8, 4) is 0 Å². The van der Waals surface area contributed by atoms with Crippen LogP contribution in [0.2, 0.25) is 0 Å². The highest BCUT2D eigenvalue weighted by atomic mass is 16.5. The van der Waals surface area contributed by atoms with E-state index in [0.717, 1.165) is 69.4 Å². The molecule has 0 spiro atoms. The first kappa shape index (κ1) is 22.0. The predicted octanol–water partition coefficient (Wildman–Crippen LogP) is 2.26. The monoisotopic (exact) mass is 427 g/mol. The molecule has 1 amide bonds. The lowest BCUT2D eigenvalue weighted by atomic mass is 10.1. The van der Waals surface area contributed by atoms with Crippen LogP contribution < -0.4 is 0 Å². The summed E-state index contributed by atoms with van der Waals surface area (Å²) in [6.07, 6.45) is 1.70. The molecule has 168 valence electrons. The van der Waals surface area contributed by atoms with Crippen LogP contribution in [0.1, 0.15) is 21.7 Å². The maximum Gasteiger partial charge on any atom is 0.253 e. The third-order valence-corrected chi connectivity index (χ3v) is 5.98. The van der Waals surface area contributed by atoms with Gasteiger partial charge in [0, 0.05) is 51.4 Å². The molecule has 1 aromatic heterocycles. The zero-order valence-corrected chi connectivity index (χ0v) is 18.4. The number of rotatable bonds is 8. The van der Waals surface area contributed by atoms with Gasteiger partial charge in [0.25, 0.3) is 5.91 Å². The lowest BCUT2D eigenvalue weighted by molar-refractivity contribution is -0.0457. The first-order valence-electron chi connectivity index (χ1n) is 11.2. The zero-order valence-electron chi connectivity index (χ0n) is 18.4. The van der Waals surface area contributed by atoms with E-state index in [-0.39, 0.29) is 12.0 Å². The lowest BCUT2D eigenvalue weighted by Gasteiger charge is -2.36. The molecule has 4 rings (SSSR count). The Balaban J connectivity index is 1.39. The summed E-state index contributed by atoms with van der Waals surface area (Å²) in [5.41, 5.74) is 1.89. The summed E-state index contributed by atoms with van der Waals surface area (Å²) in [4.78, 5) is 20.0. The maximum absolute atomic E-state index is 13.3. The van der Waals surface area contributed by atoms with E-state index >= 15 is 0 Å². The molecule has 31 heavy (non-hydrogen) atoms. The Kier molecular flexibility index (Phi) is 7.75. The van der Waals surface area contributed by atoms with Gasteiger partial charge in [-0.3, -0.25) is 14.6 Å². The third kappa shape index (κ3) is 6.40. The zero-order chi connectivity index (χ0) is 21.5. The van der Waals surface area contributed by atoms with Gasteiger partial charge in [-0.2, -0.15) is 0 Å². The minimum absolute atomic E-state index is 0.0113. The average Bonchev–Trinajstić information content (AvgIpc) is 3.31. The molecule has 2 saturated heterocycles. The van der Waals surface area contributed by atoms with Crippen molar-refractivity contribution in [1.29, 1.82) is 0 Å². The van der Waals surface area contributed by atoms with Crippen molar-refractivity contribution in [1.82, 2.24) is 14.7 Å². The molecule has 7 nitrogen and oxygen atoms in total. The second-order valence-electron chi connectivity index (χ2n) is 8.38. The molecule has 0 radical (unpaired) electrons. The number of ether oxygens (including phenoxy) is 2. The Bertz CT molecular complexity index is 803. The van der Waals surface area contributed by atoms with Gasteiger partial charge in [-0.1, -0.05) is 17.7 Å². The van der Waals surface area contributed by atoms with Crippen LogP contribution in [0.4, 0.5) is 0 Å². The maximum atomic E-state index is 13.3. The van der Waals surface area contributed by atoms with Crippen LogP contribution in [0.3, 0.4) is 0 Å². The van der Waals surface area contributed by atoms with E-state index in [9.17, 15) is 4.79 Å². The molecule has 3 heterocycles. The molecular formula is C24H33N3O4. The summed E-state index contributed by atoms with van der Waals surface area (Å²) in [6.45, 7) is 10.6. The molecule has 2 aliphatic rings. The third-order valence-electron chi connectivity index (χ3n) is 5.98. The van der Waals surface area contributed by atoms with Gasteiger partial charge in [0.05, 0.1) is 38.7 Å². The number of morpholine rings is 2. The molecule has 1 aromatic carbocycles. The first-order valence-corrected chi connectivity index (χ1v) is 11.2. The lowest BCUT2D eigenvalue weighted by Crippen LogP contribution is -2.50. The summed E-state index contributed by atoms with van der Waals surface area (Å²) in [7, 11) is 0. The summed E-state index contributed by atoms with van der Waals surface area (Å²) >= 11 is 0. The second-order valence-corrected chi connectivity index (χ2v) is 8.38. The van der Waals surface area contributed by atoms with Crippen molar-refractivity contribution >= 4 is 5.91 Å². The summed E-state index contributed by atoms with van der Waals surface area (Å²) < 4.78 is 17.0. The number of aryl methyl sites for hydroxylation is 1. The molecule has 0 aliphatic carbocycles. The Morgan fingerprint density at radius 1 is 1.06 bits per heavy atom. The fourth-order valence-electron chi connectivity index (χ4n) is 4.14. The molecule has 2 fully saturated rings. The number of hydrogen-bond donors (Lipinski definition) is 0. The van der Waals surface area contributed by atoms with Crippen molar-refractivity contribution in [2.24, 2.45) is 0 Å². The average molecular weight is 428 g/mol. The molecule has 0 bridgehead atoms. The number of benzene rings is 1. The van der Waals surface area contributed by atoms with E-state index in [0.29, 0.717) is 19.7 Å². The Morgan fingerprint density at radius 2 is 1.84 bits per heavy atom. The normalized spacial score (nSPS) is 20.6. The number of carbonyl (C=O) groups excluding carboxylic acids is 1. The van der Waals surface area contributed by atoms with Gasteiger partial charge in [0.2, 0.25) is 0 Å². The van der Waals surface area contributed by atoms with Crippen LogP contribution in [0.25, 0.3) is 0 Å². The first-order chi connectivity index (χ1) is 15.2. The fraction of sp³-hybridized carbons (Fsp3) is 0.542. The van der Waals surface area contributed by atoms with Crippen molar-refractivity contribution in [3.63, 3.8) is 0 Å². The highest BCUT2D eigenvalue weighted by Gasteiger charge is 2.26. The summed E-state index contributed by atoms with van der Waals surface area (Å²) in [6, 6.07) is 11.8. The van der Waals surface area contributed by atoms with E-state index in [1.807, 2.05) is 48.2 Å². The van der Waals surface area contributed by atoms with Crippen molar-refractivity contribution in [2.45, 2.75) is 19.6 Å². The van der Waals surface area contributed by atoms with Gasteiger partial charge in [-0.05, 0) is 31.2 Å². The van der Waals surface area contributed by atoms with Crippen LogP contribution in [-0.2, 0) is 16.0 Å². The number of amides is 1. The van der Waals surface area contributed by atoms with Crippen molar-refractivity contribution < 1.29 is 18.7 Å². The standard InChI is InChI=1S/C24H33N3O4/c1-20-4-6-21(7-5-20)24(28)27(9-8-25-10-14-29-15-11-25)19-23-18-26(12-16-31-23)17-22-3-2-13-30-22/h2-7,13,23H,8-12,14-19H2,1H3/t23-/m1/s1. The number of furan rings is 1. The molecule has 0 unspecified atom stereocenters.